The van der Waals surface area contributed by atoms with Crippen molar-refractivity contribution in [3.05, 3.63) is 75.7 Å². The number of fused-ring (bicyclic) bond motifs is 3. The van der Waals surface area contributed by atoms with Crippen molar-refractivity contribution in [2.45, 2.75) is 12.3 Å². The highest BCUT2D eigenvalue weighted by Gasteiger charge is 2.28. The van der Waals surface area contributed by atoms with E-state index in [9.17, 15) is 9.59 Å². The normalized spacial score (nSPS) is 11.7. The highest BCUT2D eigenvalue weighted by Crippen LogP contribution is 2.44. The van der Waals surface area contributed by atoms with Crippen LogP contribution in [0.2, 0.25) is 0 Å². The number of aldehydes is 1. The number of amides is 1. The van der Waals surface area contributed by atoms with E-state index in [-0.39, 0.29) is 5.92 Å². The highest BCUT2D eigenvalue weighted by molar-refractivity contribution is 7.10. The molecular formula is C23H18N2O3S. The maximum absolute atomic E-state index is 12.1. The first-order valence-electron chi connectivity index (χ1n) is 9.24. The molecule has 0 radical (unpaired) electrons. The van der Waals surface area contributed by atoms with Gasteiger partial charge in [0.15, 0.2) is 11.3 Å². The summed E-state index contributed by atoms with van der Waals surface area (Å²) in [6, 6.07) is 16.5. The second-order valence-corrected chi connectivity index (χ2v) is 7.36. The lowest BCUT2D eigenvalue weighted by atomic mass is 9.98. The topological polar surface area (TPSA) is 68.3 Å². The lowest BCUT2D eigenvalue weighted by molar-refractivity contribution is 0.111. The molecule has 1 N–H and O–H groups in total. The molecule has 0 fully saturated rings. The Hall–Kier alpha value is -3.43. The molecule has 0 atom stereocenters. The van der Waals surface area contributed by atoms with Crippen molar-refractivity contribution >= 4 is 23.7 Å². The molecule has 5 nitrogen and oxygen atoms in total. The van der Waals surface area contributed by atoms with E-state index in [0.717, 1.165) is 0 Å². The third kappa shape index (κ3) is 4.20. The van der Waals surface area contributed by atoms with Crippen LogP contribution in [0.15, 0.2) is 53.9 Å². The molecule has 1 aromatic heterocycles. The Balaban J connectivity index is 1.29. The van der Waals surface area contributed by atoms with Crippen LogP contribution in [0.5, 0.6) is 0 Å². The molecule has 6 heteroatoms. The first kappa shape index (κ1) is 18.9. The lowest BCUT2D eigenvalue weighted by Gasteiger charge is -2.14. The number of benzene rings is 2. The van der Waals surface area contributed by atoms with Gasteiger partial charge >= 0.3 is 6.09 Å². The van der Waals surface area contributed by atoms with E-state index in [0.29, 0.717) is 36.6 Å². The van der Waals surface area contributed by atoms with Crippen molar-refractivity contribution in [1.82, 2.24) is 10.3 Å². The maximum atomic E-state index is 12.1. The van der Waals surface area contributed by atoms with Crippen molar-refractivity contribution in [2.24, 2.45) is 0 Å². The number of alkyl carbamates (subject to hydrolysis) is 1. The molecule has 0 unspecified atom stereocenters. The van der Waals surface area contributed by atoms with Gasteiger partial charge in [-0.3, -0.25) is 4.79 Å². The summed E-state index contributed by atoms with van der Waals surface area (Å²) >= 11 is 1.32. The summed E-state index contributed by atoms with van der Waals surface area (Å²) in [4.78, 5) is 26.7. The van der Waals surface area contributed by atoms with Gasteiger partial charge in [0.25, 0.3) is 0 Å². The predicted octanol–water partition coefficient (Wildman–Crippen LogP) is 4.24. The predicted molar refractivity (Wildman–Crippen MR) is 112 cm³/mol. The number of rotatable bonds is 5. The Morgan fingerprint density at radius 1 is 1.14 bits per heavy atom. The van der Waals surface area contributed by atoms with E-state index in [2.05, 4.69) is 46.4 Å². The average molecular weight is 402 g/mol. The van der Waals surface area contributed by atoms with E-state index in [4.69, 9.17) is 4.74 Å². The summed E-state index contributed by atoms with van der Waals surface area (Å²) < 4.78 is 5.48. The van der Waals surface area contributed by atoms with Crippen LogP contribution in [-0.2, 0) is 4.74 Å². The average Bonchev–Trinajstić information content (AvgIpc) is 3.34. The molecule has 0 aliphatic heterocycles. The minimum absolute atomic E-state index is 0.0462. The van der Waals surface area contributed by atoms with Gasteiger partial charge in [-0.05, 0) is 28.2 Å². The smallest absolute Gasteiger partial charge is 0.407 e. The Morgan fingerprint density at radius 2 is 1.83 bits per heavy atom. The van der Waals surface area contributed by atoms with Gasteiger partial charge < -0.3 is 10.1 Å². The van der Waals surface area contributed by atoms with Gasteiger partial charge in [-0.2, -0.15) is 0 Å². The van der Waals surface area contributed by atoms with E-state index >= 15 is 0 Å². The van der Waals surface area contributed by atoms with Gasteiger partial charge in [-0.25, -0.2) is 9.78 Å². The number of ether oxygens (including phenoxy) is 1. The van der Waals surface area contributed by atoms with Crippen molar-refractivity contribution in [3.8, 4) is 23.0 Å². The summed E-state index contributed by atoms with van der Waals surface area (Å²) in [7, 11) is 0. The van der Waals surface area contributed by atoms with Crippen LogP contribution in [0, 0.1) is 11.8 Å². The number of carbonyl (C=O) groups excluding carboxylic acids is 2. The fraction of sp³-hybridized carbons (Fsp3) is 0.174. The van der Waals surface area contributed by atoms with Crippen LogP contribution in [0.3, 0.4) is 0 Å². The summed E-state index contributed by atoms with van der Waals surface area (Å²) in [5.74, 6) is 5.85. The largest absolute Gasteiger partial charge is 0.449 e. The van der Waals surface area contributed by atoms with Crippen LogP contribution < -0.4 is 5.32 Å². The molecule has 0 spiro atoms. The zero-order chi connectivity index (χ0) is 20.1. The molecular weight excluding hydrogens is 384 g/mol. The van der Waals surface area contributed by atoms with Gasteiger partial charge in [0.1, 0.15) is 12.3 Å². The first-order chi connectivity index (χ1) is 14.3. The SMILES string of the molecule is O=Cc1csc(C#CCCNC(=O)OCC2c3ccccc3-c3ccccc32)n1. The second kappa shape index (κ2) is 8.72. The van der Waals surface area contributed by atoms with Gasteiger partial charge in [0.2, 0.25) is 0 Å². The van der Waals surface area contributed by atoms with Gasteiger partial charge in [0, 0.05) is 24.3 Å². The molecule has 29 heavy (non-hydrogen) atoms. The number of hydrogen-bond donors (Lipinski definition) is 1. The molecule has 144 valence electrons. The van der Waals surface area contributed by atoms with Crippen LogP contribution >= 0.6 is 11.3 Å². The van der Waals surface area contributed by atoms with Crippen LogP contribution in [0.4, 0.5) is 4.79 Å². The molecule has 0 saturated carbocycles. The van der Waals surface area contributed by atoms with Gasteiger partial charge in [-0.1, -0.05) is 54.5 Å². The molecule has 1 heterocycles. The number of aromatic nitrogens is 1. The fourth-order valence-corrected chi connectivity index (χ4v) is 4.04. The van der Waals surface area contributed by atoms with E-state index in [1.807, 2.05) is 24.3 Å². The van der Waals surface area contributed by atoms with Gasteiger partial charge in [-0.15, -0.1) is 11.3 Å². The second-order valence-electron chi connectivity index (χ2n) is 6.50. The van der Waals surface area contributed by atoms with Gasteiger partial charge in [0.05, 0.1) is 0 Å². The van der Waals surface area contributed by atoms with E-state index < -0.39 is 6.09 Å². The summed E-state index contributed by atoms with van der Waals surface area (Å²) in [5, 5.41) is 4.97. The Bertz CT molecular complexity index is 1060. The molecule has 2 aromatic carbocycles. The van der Waals surface area contributed by atoms with E-state index in [1.54, 1.807) is 5.38 Å². The first-order valence-corrected chi connectivity index (χ1v) is 10.1. The Kier molecular flexibility index (Phi) is 5.68. The summed E-state index contributed by atoms with van der Waals surface area (Å²) in [6.07, 6.45) is 0.715. The monoisotopic (exact) mass is 402 g/mol. The molecule has 1 aliphatic carbocycles. The third-order valence-corrected chi connectivity index (χ3v) is 5.48. The fourth-order valence-electron chi connectivity index (χ4n) is 3.41. The number of hydrogen-bond acceptors (Lipinski definition) is 5. The maximum Gasteiger partial charge on any atom is 0.407 e. The highest BCUT2D eigenvalue weighted by atomic mass is 32.1. The number of nitrogens with zero attached hydrogens (tertiary/aromatic N) is 1. The van der Waals surface area contributed by atoms with Crippen LogP contribution in [0.25, 0.3) is 11.1 Å². The number of nitrogens with one attached hydrogen (secondary N) is 1. The zero-order valence-corrected chi connectivity index (χ0v) is 16.4. The molecule has 1 aliphatic rings. The van der Waals surface area contributed by atoms with Crippen molar-refractivity contribution in [3.63, 3.8) is 0 Å². The third-order valence-electron chi connectivity index (χ3n) is 4.70. The van der Waals surface area contributed by atoms with Crippen molar-refractivity contribution < 1.29 is 14.3 Å². The Labute approximate surface area is 172 Å². The number of thiazole rings is 1. The lowest BCUT2D eigenvalue weighted by Crippen LogP contribution is -2.26. The van der Waals surface area contributed by atoms with E-state index in [1.165, 1.54) is 33.6 Å². The van der Waals surface area contributed by atoms with Crippen molar-refractivity contribution in [1.29, 1.82) is 0 Å². The minimum atomic E-state index is -0.453. The quantitative estimate of drug-likeness (QED) is 0.394. The standard InChI is InChI=1S/C23H18N2O3S/c26-13-16-15-29-22(25-16)11-5-6-12-24-23(27)28-14-21-19-9-3-1-7-17(19)18-8-2-4-10-20(18)21/h1-4,7-10,13,15,21H,6,12,14H2,(H,24,27). The minimum Gasteiger partial charge on any atom is -0.449 e. The molecule has 4 rings (SSSR count). The van der Waals surface area contributed by atoms with Crippen molar-refractivity contribution in [2.75, 3.05) is 13.2 Å². The van der Waals surface area contributed by atoms with Crippen LogP contribution in [0.1, 0.15) is 39.0 Å². The molecule has 1 amide bonds. The molecule has 0 saturated heterocycles. The Morgan fingerprint density at radius 3 is 2.48 bits per heavy atom. The summed E-state index contributed by atoms with van der Waals surface area (Å²) in [5.41, 5.74) is 5.16. The molecule has 3 aromatic rings. The van der Waals surface area contributed by atoms with Crippen LogP contribution in [-0.4, -0.2) is 30.5 Å². The molecule has 0 bridgehead atoms. The number of carbonyl (C=O) groups is 2. The zero-order valence-electron chi connectivity index (χ0n) is 15.6. The summed E-state index contributed by atoms with van der Waals surface area (Å²) in [6.45, 7) is 0.675.